The first-order valence-electron chi connectivity index (χ1n) is 12.6. The van der Waals surface area contributed by atoms with Crippen molar-refractivity contribution in [3.63, 3.8) is 0 Å². The van der Waals surface area contributed by atoms with Crippen molar-refractivity contribution >= 4 is 23.4 Å². The minimum atomic E-state index is -0.750. The third-order valence-electron chi connectivity index (χ3n) is 8.25. The van der Waals surface area contributed by atoms with Gasteiger partial charge in [0.1, 0.15) is 6.10 Å². The van der Waals surface area contributed by atoms with E-state index in [1.807, 2.05) is 25.3 Å². The van der Waals surface area contributed by atoms with Gasteiger partial charge in [0.25, 0.3) is 0 Å². The number of carbonyl (C=O) groups is 1. The predicted molar refractivity (Wildman–Crippen MR) is 139 cm³/mol. The first kappa shape index (κ1) is 27.8. The molecule has 0 aliphatic carbocycles. The Morgan fingerprint density at radius 2 is 1.91 bits per heavy atom. The summed E-state index contributed by atoms with van der Waals surface area (Å²) in [7, 11) is 0. The lowest BCUT2D eigenvalue weighted by Crippen LogP contribution is -2.42. The Labute approximate surface area is 205 Å². The lowest BCUT2D eigenvalue weighted by atomic mass is 9.64. The summed E-state index contributed by atoms with van der Waals surface area (Å²) in [4.78, 5) is 17.4. The number of cyclic esters (lactones) is 1. The lowest BCUT2D eigenvalue weighted by molar-refractivity contribution is -0.152. The molecule has 6 atom stereocenters. The molecule has 0 amide bonds. The van der Waals surface area contributed by atoms with Crippen molar-refractivity contribution in [1.82, 2.24) is 4.98 Å². The summed E-state index contributed by atoms with van der Waals surface area (Å²) in [5.41, 5.74) is 1.48. The number of carbonyl (C=O) groups excluding carboxylic acids is 1. The molecule has 1 N–H and O–H groups in total. The van der Waals surface area contributed by atoms with Crippen LogP contribution in [0.25, 0.3) is 6.08 Å². The van der Waals surface area contributed by atoms with Crippen LogP contribution in [0.4, 0.5) is 0 Å². The van der Waals surface area contributed by atoms with Crippen molar-refractivity contribution in [3.8, 4) is 0 Å². The van der Waals surface area contributed by atoms with Crippen LogP contribution in [0.3, 0.4) is 0 Å². The Hall–Kier alpha value is -1.46. The van der Waals surface area contributed by atoms with Crippen LogP contribution >= 0.6 is 11.3 Å². The van der Waals surface area contributed by atoms with Crippen molar-refractivity contribution in [3.05, 3.63) is 33.8 Å². The number of hydrogen-bond donors (Lipinski definition) is 1. The summed E-state index contributed by atoms with van der Waals surface area (Å²) in [5, 5.41) is 14.1. The van der Waals surface area contributed by atoms with Crippen LogP contribution in [0.15, 0.2) is 23.1 Å². The van der Waals surface area contributed by atoms with E-state index in [2.05, 4.69) is 58.7 Å². The SMILES string of the molecule is C/C(=C\c1csc(C)n1)[C@@H]1C/C=C\CCC[C@H](C)[C@H](C)[C@@H](C)[C@@H](C)C(C)(C)[C@H](O)CC(=O)O1. The minimum absolute atomic E-state index is 0.0112. The minimum Gasteiger partial charge on any atom is -0.457 e. The van der Waals surface area contributed by atoms with Gasteiger partial charge in [0.05, 0.1) is 23.2 Å². The molecule has 186 valence electrons. The number of hydrogen-bond acceptors (Lipinski definition) is 5. The first-order chi connectivity index (χ1) is 15.4. The summed E-state index contributed by atoms with van der Waals surface area (Å²) < 4.78 is 5.91. The number of aliphatic hydroxyl groups is 1. The van der Waals surface area contributed by atoms with Crippen LogP contribution in [0.2, 0.25) is 0 Å². The molecule has 1 aromatic heterocycles. The predicted octanol–water partition coefficient (Wildman–Crippen LogP) is 7.22. The number of nitrogens with zero attached hydrogens (tertiary/aromatic N) is 1. The van der Waals surface area contributed by atoms with Crippen molar-refractivity contribution in [2.75, 3.05) is 0 Å². The van der Waals surface area contributed by atoms with Gasteiger partial charge in [0.15, 0.2) is 0 Å². The van der Waals surface area contributed by atoms with Crippen molar-refractivity contribution in [2.24, 2.45) is 29.1 Å². The zero-order chi connectivity index (χ0) is 24.8. The second-order valence-electron chi connectivity index (χ2n) is 10.8. The number of aryl methyl sites for hydroxylation is 1. The highest BCUT2D eigenvalue weighted by Gasteiger charge is 2.40. The van der Waals surface area contributed by atoms with Gasteiger partial charge in [-0.25, -0.2) is 4.98 Å². The van der Waals surface area contributed by atoms with Crippen molar-refractivity contribution in [1.29, 1.82) is 0 Å². The fraction of sp³-hybridized carbons (Fsp3) is 0.714. The Bertz CT molecular complexity index is 825. The highest BCUT2D eigenvalue weighted by Crippen LogP contribution is 2.42. The molecule has 0 bridgehead atoms. The van der Waals surface area contributed by atoms with E-state index >= 15 is 0 Å². The Morgan fingerprint density at radius 3 is 2.55 bits per heavy atom. The quantitative estimate of drug-likeness (QED) is 0.362. The fourth-order valence-electron chi connectivity index (χ4n) is 4.84. The van der Waals surface area contributed by atoms with E-state index in [9.17, 15) is 9.90 Å². The van der Waals surface area contributed by atoms with Gasteiger partial charge in [-0.2, -0.15) is 0 Å². The summed E-state index contributed by atoms with van der Waals surface area (Å²) >= 11 is 1.61. The topological polar surface area (TPSA) is 59.4 Å². The molecule has 0 spiro atoms. The zero-order valence-corrected chi connectivity index (χ0v) is 22.7. The molecule has 1 aliphatic heterocycles. The van der Waals surface area contributed by atoms with E-state index in [4.69, 9.17) is 4.74 Å². The van der Waals surface area contributed by atoms with Crippen molar-refractivity contribution < 1.29 is 14.6 Å². The molecule has 0 radical (unpaired) electrons. The van der Waals surface area contributed by atoms with Gasteiger partial charge in [0.2, 0.25) is 0 Å². The standard InChI is InChI=1S/C28H45NO3S/c1-18-13-11-9-10-12-14-25(19(2)15-24-17-33-23(6)29-24)32-27(31)16-26(30)28(7,8)22(5)21(4)20(18)3/h10,12,15,17-18,20-22,25-26,30H,9,11,13-14,16H2,1-8H3/b12-10-,19-15+/t18-,20-,21+,22+,25-,26+/m0/s1. The van der Waals surface area contributed by atoms with E-state index in [0.717, 1.165) is 29.1 Å². The van der Waals surface area contributed by atoms with Gasteiger partial charge < -0.3 is 9.84 Å². The average Bonchev–Trinajstić information content (AvgIpc) is 3.16. The molecule has 2 rings (SSSR count). The van der Waals surface area contributed by atoms with Gasteiger partial charge in [-0.15, -0.1) is 11.3 Å². The Morgan fingerprint density at radius 1 is 1.21 bits per heavy atom. The van der Waals surface area contributed by atoms with Gasteiger partial charge >= 0.3 is 5.97 Å². The molecule has 2 heterocycles. The summed E-state index contributed by atoms with van der Waals surface area (Å²) in [5.74, 6) is 1.56. The molecule has 5 heteroatoms. The largest absolute Gasteiger partial charge is 0.457 e. The number of ether oxygens (including phenoxy) is 1. The zero-order valence-electron chi connectivity index (χ0n) is 21.9. The van der Waals surface area contributed by atoms with Gasteiger partial charge in [-0.1, -0.05) is 60.1 Å². The third-order valence-corrected chi connectivity index (χ3v) is 9.04. The molecule has 1 aromatic rings. The van der Waals surface area contributed by atoms with Crippen LogP contribution in [0.1, 0.15) is 91.3 Å². The van der Waals surface area contributed by atoms with E-state index in [0.29, 0.717) is 24.2 Å². The van der Waals surface area contributed by atoms with Crippen LogP contribution in [-0.2, 0) is 9.53 Å². The van der Waals surface area contributed by atoms with Crippen LogP contribution in [-0.4, -0.2) is 28.3 Å². The van der Waals surface area contributed by atoms with E-state index in [-0.39, 0.29) is 29.8 Å². The summed E-state index contributed by atoms with van der Waals surface area (Å²) in [6, 6.07) is 0. The average molecular weight is 476 g/mol. The first-order valence-corrected chi connectivity index (χ1v) is 13.4. The smallest absolute Gasteiger partial charge is 0.309 e. The monoisotopic (exact) mass is 475 g/mol. The van der Waals surface area contributed by atoms with Crippen LogP contribution in [0.5, 0.6) is 0 Å². The number of allylic oxidation sites excluding steroid dienone is 1. The number of aliphatic hydroxyl groups excluding tert-OH is 1. The molecule has 0 saturated heterocycles. The third kappa shape index (κ3) is 7.78. The Balaban J connectivity index is 2.26. The maximum absolute atomic E-state index is 12.9. The number of aromatic nitrogens is 1. The van der Waals surface area contributed by atoms with E-state index in [1.165, 1.54) is 6.42 Å². The molecular weight excluding hydrogens is 430 g/mol. The maximum Gasteiger partial charge on any atom is 0.309 e. The molecule has 33 heavy (non-hydrogen) atoms. The fourth-order valence-corrected chi connectivity index (χ4v) is 5.41. The maximum atomic E-state index is 12.9. The van der Waals surface area contributed by atoms with Crippen molar-refractivity contribution in [2.45, 2.75) is 99.7 Å². The Kier molecular flexibility index (Phi) is 10.4. The van der Waals surface area contributed by atoms with E-state index < -0.39 is 6.10 Å². The van der Waals surface area contributed by atoms with E-state index in [1.54, 1.807) is 11.3 Å². The van der Waals surface area contributed by atoms with Crippen LogP contribution < -0.4 is 0 Å². The lowest BCUT2D eigenvalue weighted by Gasteiger charge is -2.42. The number of thiazole rings is 1. The highest BCUT2D eigenvalue weighted by atomic mass is 32.1. The molecule has 4 nitrogen and oxygen atoms in total. The molecule has 0 aromatic carbocycles. The highest BCUT2D eigenvalue weighted by molar-refractivity contribution is 7.09. The number of rotatable bonds is 2. The van der Waals surface area contributed by atoms with Gasteiger partial charge in [0, 0.05) is 11.8 Å². The summed E-state index contributed by atoms with van der Waals surface area (Å²) in [6.07, 6.45) is 9.29. The summed E-state index contributed by atoms with van der Waals surface area (Å²) in [6.45, 7) is 17.4. The van der Waals surface area contributed by atoms with Gasteiger partial charge in [-0.3, -0.25) is 4.79 Å². The van der Waals surface area contributed by atoms with Gasteiger partial charge in [-0.05, 0) is 67.4 Å². The molecular formula is C28H45NO3S. The second kappa shape index (κ2) is 12.3. The molecule has 0 fully saturated rings. The van der Waals surface area contributed by atoms with Crippen LogP contribution in [0, 0.1) is 36.0 Å². The second-order valence-corrected chi connectivity index (χ2v) is 11.9. The molecule has 0 unspecified atom stereocenters. The number of esters is 1. The normalized spacial score (nSPS) is 34.0. The molecule has 1 aliphatic rings. The molecule has 0 saturated carbocycles.